The van der Waals surface area contributed by atoms with E-state index in [0.717, 1.165) is 5.75 Å². The third-order valence-corrected chi connectivity index (χ3v) is 21.4. The van der Waals surface area contributed by atoms with Crippen LogP contribution >= 0.6 is 0 Å². The molecule has 0 aromatic heterocycles. The van der Waals surface area contributed by atoms with Gasteiger partial charge >= 0.3 is 172 Å². The molecule has 2 aromatic rings. The van der Waals surface area contributed by atoms with Crippen LogP contribution < -0.4 is 8.32 Å². The Kier molecular flexibility index (Phi) is 10.3. The van der Waals surface area contributed by atoms with Gasteiger partial charge in [-0.15, -0.1) is 0 Å². The number of hydrogen-bond donors (Lipinski definition) is 0. The molecule has 0 saturated carbocycles. The average Bonchev–Trinajstić information content (AvgIpc) is 2.73. The molecule has 0 aliphatic rings. The molecule has 148 valence electrons. The second-order valence-corrected chi connectivity index (χ2v) is 21.1. The fourth-order valence-corrected chi connectivity index (χ4v) is 19.9. The third-order valence-electron chi connectivity index (χ3n) is 5.74. The first-order chi connectivity index (χ1) is 13.2. The normalized spacial score (nSPS) is 11.5. The zero-order valence-electron chi connectivity index (χ0n) is 17.7. The molecule has 0 spiro atoms. The van der Waals surface area contributed by atoms with Crippen LogP contribution in [0.5, 0.6) is 5.75 Å². The summed E-state index contributed by atoms with van der Waals surface area (Å²) in [6.45, 7) is 7.68. The van der Waals surface area contributed by atoms with Crippen LogP contribution in [-0.4, -0.2) is 18.4 Å². The third kappa shape index (κ3) is 7.17. The molecule has 0 N–H and O–H groups in total. The van der Waals surface area contributed by atoms with Gasteiger partial charge in [0.25, 0.3) is 0 Å². The monoisotopic (exact) mass is 474 g/mol. The molecular formula is C25H38OSn. The van der Waals surface area contributed by atoms with Crippen LogP contribution in [0.3, 0.4) is 0 Å². The van der Waals surface area contributed by atoms with Crippen LogP contribution in [0.4, 0.5) is 0 Å². The van der Waals surface area contributed by atoms with E-state index >= 15 is 0 Å². The predicted molar refractivity (Wildman–Crippen MR) is 122 cm³/mol. The molecule has 0 unspecified atom stereocenters. The van der Waals surface area contributed by atoms with Gasteiger partial charge in [0.05, 0.1) is 0 Å². The summed E-state index contributed by atoms with van der Waals surface area (Å²) in [5.41, 5.74) is 1.23. The minimum absolute atomic E-state index is 0.649. The Morgan fingerprint density at radius 1 is 0.667 bits per heavy atom. The first kappa shape index (κ1) is 22.3. The second-order valence-electron chi connectivity index (χ2n) is 7.89. The topological polar surface area (TPSA) is 9.23 Å². The van der Waals surface area contributed by atoms with E-state index in [2.05, 4.69) is 69.3 Å². The average molecular weight is 473 g/mol. The van der Waals surface area contributed by atoms with Crippen LogP contribution in [-0.2, 0) is 6.61 Å². The first-order valence-corrected chi connectivity index (χ1v) is 18.5. The molecule has 1 nitrogen and oxygen atoms in total. The summed E-state index contributed by atoms with van der Waals surface area (Å²) in [5, 5.41) is 0. The van der Waals surface area contributed by atoms with Gasteiger partial charge in [0.1, 0.15) is 0 Å². The van der Waals surface area contributed by atoms with Crippen LogP contribution in [0.25, 0.3) is 0 Å². The Hall–Kier alpha value is -0.961. The van der Waals surface area contributed by atoms with E-state index in [1.165, 1.54) is 57.4 Å². The summed E-state index contributed by atoms with van der Waals surface area (Å²) in [5.74, 6) is 1.00. The van der Waals surface area contributed by atoms with Gasteiger partial charge in [-0.25, -0.2) is 0 Å². The fraction of sp³-hybridized carbons (Fsp3) is 0.520. The summed E-state index contributed by atoms with van der Waals surface area (Å²) in [6, 6.07) is 19.7. The Bertz CT molecular complexity index is 599. The number of rotatable bonds is 13. The number of unbranched alkanes of at least 4 members (excludes halogenated alkanes) is 3. The summed E-state index contributed by atoms with van der Waals surface area (Å²) >= 11 is -2.29. The van der Waals surface area contributed by atoms with Gasteiger partial charge in [-0.1, -0.05) is 0 Å². The van der Waals surface area contributed by atoms with Gasteiger partial charge in [0.2, 0.25) is 0 Å². The van der Waals surface area contributed by atoms with Crippen molar-refractivity contribution in [2.75, 3.05) is 0 Å². The van der Waals surface area contributed by atoms with Crippen molar-refractivity contribution >= 4 is 22.0 Å². The SMILES string of the molecule is CCC[CH2][Sn]([CH2]CCC)([CH2]CCC)[c]1ccc(OCc2ccccc2)cc1. The fourth-order valence-electron chi connectivity index (χ4n) is 4.00. The number of ether oxygens (including phenoxy) is 1. The quantitative estimate of drug-likeness (QED) is 0.277. The van der Waals surface area contributed by atoms with Crippen molar-refractivity contribution < 1.29 is 4.74 Å². The molecule has 0 fully saturated rings. The molecule has 2 heteroatoms. The summed E-state index contributed by atoms with van der Waals surface area (Å²) in [6.07, 6.45) is 8.22. The zero-order chi connectivity index (χ0) is 19.4. The second kappa shape index (κ2) is 12.5. The van der Waals surface area contributed by atoms with E-state index in [0.29, 0.717) is 6.61 Å². The van der Waals surface area contributed by atoms with E-state index < -0.39 is 18.4 Å². The van der Waals surface area contributed by atoms with Crippen molar-refractivity contribution in [2.24, 2.45) is 0 Å². The zero-order valence-corrected chi connectivity index (χ0v) is 20.5. The first-order valence-electron chi connectivity index (χ1n) is 11.0. The standard InChI is InChI=1S/C13H11O.3C4H9.Sn/c1-3-7-12(8-4-1)11-14-13-9-5-2-6-10-13;3*1-3-4-2;/h1,3-10H,11H2;3*1,3-4H2,2H3;. The molecule has 0 heterocycles. The molecular weight excluding hydrogens is 435 g/mol. The van der Waals surface area contributed by atoms with Crippen molar-refractivity contribution in [1.82, 2.24) is 0 Å². The predicted octanol–water partition coefficient (Wildman–Crippen LogP) is 7.32. The van der Waals surface area contributed by atoms with Crippen LogP contribution in [0.1, 0.15) is 64.9 Å². The van der Waals surface area contributed by atoms with Crippen molar-refractivity contribution in [3.8, 4) is 5.75 Å². The molecule has 0 atom stereocenters. The van der Waals surface area contributed by atoms with E-state index in [1.54, 1.807) is 3.58 Å². The van der Waals surface area contributed by atoms with Crippen LogP contribution in [0, 0.1) is 0 Å². The molecule has 0 radical (unpaired) electrons. The molecule has 0 bridgehead atoms. The molecule has 0 aliphatic heterocycles. The van der Waals surface area contributed by atoms with Gasteiger partial charge in [0.15, 0.2) is 0 Å². The van der Waals surface area contributed by atoms with Crippen LogP contribution in [0.15, 0.2) is 54.6 Å². The van der Waals surface area contributed by atoms with Gasteiger partial charge in [-0.05, 0) is 0 Å². The molecule has 27 heavy (non-hydrogen) atoms. The number of hydrogen-bond acceptors (Lipinski definition) is 1. The van der Waals surface area contributed by atoms with Crippen molar-refractivity contribution in [3.63, 3.8) is 0 Å². The van der Waals surface area contributed by atoms with E-state index in [9.17, 15) is 0 Å². The maximum atomic E-state index is 6.03. The summed E-state index contributed by atoms with van der Waals surface area (Å²) in [7, 11) is 0. The summed E-state index contributed by atoms with van der Waals surface area (Å²) < 4.78 is 12.3. The van der Waals surface area contributed by atoms with E-state index in [-0.39, 0.29) is 0 Å². The Morgan fingerprint density at radius 2 is 1.19 bits per heavy atom. The Labute approximate surface area is 171 Å². The van der Waals surface area contributed by atoms with Crippen LogP contribution in [0.2, 0.25) is 13.3 Å². The van der Waals surface area contributed by atoms with Crippen molar-refractivity contribution in [3.05, 3.63) is 60.2 Å². The molecule has 2 aromatic carbocycles. The van der Waals surface area contributed by atoms with Gasteiger partial charge in [-0.3, -0.25) is 0 Å². The summed E-state index contributed by atoms with van der Waals surface area (Å²) in [4.78, 5) is 0. The van der Waals surface area contributed by atoms with Gasteiger partial charge in [0, 0.05) is 0 Å². The maximum absolute atomic E-state index is 6.03. The molecule has 0 amide bonds. The molecule has 2 rings (SSSR count). The van der Waals surface area contributed by atoms with Crippen molar-refractivity contribution in [1.29, 1.82) is 0 Å². The number of benzene rings is 2. The van der Waals surface area contributed by atoms with Gasteiger partial charge < -0.3 is 0 Å². The molecule has 0 aliphatic carbocycles. The van der Waals surface area contributed by atoms with E-state index in [4.69, 9.17) is 4.74 Å². The molecule has 0 saturated heterocycles. The Morgan fingerprint density at radius 3 is 1.67 bits per heavy atom. The Balaban J connectivity index is 2.13. The van der Waals surface area contributed by atoms with Gasteiger partial charge in [-0.2, -0.15) is 0 Å². The van der Waals surface area contributed by atoms with Crippen molar-refractivity contribution in [2.45, 2.75) is 79.2 Å². The minimum atomic E-state index is -2.29. The van der Waals surface area contributed by atoms with E-state index in [1.807, 2.05) is 6.07 Å².